The lowest BCUT2D eigenvalue weighted by molar-refractivity contribution is 0.807. The molecule has 0 aliphatic heterocycles. The number of hydrogen-bond donors (Lipinski definition) is 1. The summed E-state index contributed by atoms with van der Waals surface area (Å²) >= 11 is 1.56. The van der Waals surface area contributed by atoms with Crippen LogP contribution in [-0.2, 0) is 7.05 Å². The smallest absolute Gasteiger partial charge is 0.169 e. The minimum atomic E-state index is 0.431. The summed E-state index contributed by atoms with van der Waals surface area (Å²) in [6.07, 6.45) is 3.41. The lowest BCUT2D eigenvalue weighted by Crippen LogP contribution is -1.94. The molecule has 2 N–H and O–H groups in total. The molecule has 0 aliphatic carbocycles. The van der Waals surface area contributed by atoms with E-state index in [4.69, 9.17) is 5.73 Å². The maximum absolute atomic E-state index is 5.66. The Bertz CT molecular complexity index is 449. The average Bonchev–Trinajstić information content (AvgIpc) is 2.45. The largest absolute Gasteiger partial charge is 0.382 e. The van der Waals surface area contributed by atoms with E-state index in [1.807, 2.05) is 17.9 Å². The van der Waals surface area contributed by atoms with Gasteiger partial charge in [0.25, 0.3) is 0 Å². The Morgan fingerprint density at radius 2 is 2.23 bits per heavy atom. The van der Waals surface area contributed by atoms with Crippen LogP contribution in [0.15, 0.2) is 11.5 Å². The van der Waals surface area contributed by atoms with Gasteiger partial charge in [-0.3, -0.25) is 0 Å². The third kappa shape index (κ3) is 1.14. The van der Waals surface area contributed by atoms with Crippen molar-refractivity contribution in [3.05, 3.63) is 6.33 Å². The standard InChI is InChI=1S/C7H9N5S/c1-12-6-4(11-7(12)13-2)5(8)9-3-10-6/h3H,1-2H3,(H2,8,9,10). The highest BCUT2D eigenvalue weighted by atomic mass is 32.2. The lowest BCUT2D eigenvalue weighted by atomic mass is 10.5. The van der Waals surface area contributed by atoms with Gasteiger partial charge in [0, 0.05) is 7.05 Å². The Labute approximate surface area is 79.4 Å². The van der Waals surface area contributed by atoms with E-state index in [2.05, 4.69) is 15.0 Å². The average molecular weight is 195 g/mol. The van der Waals surface area contributed by atoms with Crippen LogP contribution in [0, 0.1) is 0 Å². The van der Waals surface area contributed by atoms with E-state index in [1.165, 1.54) is 6.33 Å². The molecule has 0 aliphatic rings. The highest BCUT2D eigenvalue weighted by molar-refractivity contribution is 7.98. The van der Waals surface area contributed by atoms with Crippen molar-refractivity contribution in [3.8, 4) is 0 Å². The van der Waals surface area contributed by atoms with Crippen molar-refractivity contribution in [2.45, 2.75) is 5.16 Å². The Kier molecular flexibility index (Phi) is 1.84. The summed E-state index contributed by atoms with van der Waals surface area (Å²) < 4.78 is 1.90. The van der Waals surface area contributed by atoms with Crippen molar-refractivity contribution in [1.29, 1.82) is 0 Å². The predicted octanol–water partition coefficient (Wildman–Crippen LogP) is 0.667. The SMILES string of the molecule is CSc1nc2c(N)ncnc2n1C. The zero-order valence-electron chi connectivity index (χ0n) is 7.35. The van der Waals surface area contributed by atoms with E-state index in [0.717, 1.165) is 10.8 Å². The third-order valence-corrected chi connectivity index (χ3v) is 2.56. The van der Waals surface area contributed by atoms with Crippen LogP contribution in [0.2, 0.25) is 0 Å². The highest BCUT2D eigenvalue weighted by Gasteiger charge is 2.10. The first-order chi connectivity index (χ1) is 6.24. The fourth-order valence-electron chi connectivity index (χ4n) is 1.18. The van der Waals surface area contributed by atoms with Crippen molar-refractivity contribution in [2.24, 2.45) is 7.05 Å². The normalized spacial score (nSPS) is 10.9. The lowest BCUT2D eigenvalue weighted by Gasteiger charge is -1.95. The van der Waals surface area contributed by atoms with Gasteiger partial charge in [0.15, 0.2) is 22.1 Å². The Hall–Kier alpha value is -1.30. The van der Waals surface area contributed by atoms with Gasteiger partial charge in [0.05, 0.1) is 0 Å². The Morgan fingerprint density at radius 3 is 2.85 bits per heavy atom. The van der Waals surface area contributed by atoms with Gasteiger partial charge in [-0.25, -0.2) is 15.0 Å². The summed E-state index contributed by atoms with van der Waals surface area (Å²) in [5, 5.41) is 0.891. The second-order valence-corrected chi connectivity index (χ2v) is 3.36. The van der Waals surface area contributed by atoms with Crippen LogP contribution in [0.5, 0.6) is 0 Å². The van der Waals surface area contributed by atoms with Crippen LogP contribution >= 0.6 is 11.8 Å². The second kappa shape index (κ2) is 2.88. The topological polar surface area (TPSA) is 69.6 Å². The molecule has 2 heterocycles. The number of nitrogens with two attached hydrogens (primary N) is 1. The third-order valence-electron chi connectivity index (χ3n) is 1.83. The van der Waals surface area contributed by atoms with Gasteiger partial charge in [-0.2, -0.15) is 0 Å². The Balaban J connectivity index is 2.83. The molecule has 13 heavy (non-hydrogen) atoms. The molecule has 0 saturated heterocycles. The van der Waals surface area contributed by atoms with Crippen LogP contribution in [0.3, 0.4) is 0 Å². The molecule has 0 bridgehead atoms. The monoisotopic (exact) mass is 195 g/mol. The number of nitrogen functional groups attached to an aromatic ring is 1. The van der Waals surface area contributed by atoms with Gasteiger partial charge in [-0.15, -0.1) is 0 Å². The number of nitrogens with zero attached hydrogens (tertiary/aromatic N) is 4. The number of rotatable bonds is 1. The molecule has 0 aromatic carbocycles. The number of hydrogen-bond acceptors (Lipinski definition) is 5. The molecule has 2 aromatic heterocycles. The summed E-state index contributed by atoms with van der Waals surface area (Å²) in [6.45, 7) is 0. The van der Waals surface area contributed by atoms with Crippen LogP contribution < -0.4 is 5.73 Å². The first kappa shape index (κ1) is 8.31. The van der Waals surface area contributed by atoms with E-state index in [-0.39, 0.29) is 0 Å². The van der Waals surface area contributed by atoms with Crippen molar-refractivity contribution in [2.75, 3.05) is 12.0 Å². The van der Waals surface area contributed by atoms with Gasteiger partial charge in [0.1, 0.15) is 6.33 Å². The molecule has 2 rings (SSSR count). The summed E-state index contributed by atoms with van der Waals surface area (Å²) in [5.74, 6) is 0.431. The van der Waals surface area contributed by atoms with Gasteiger partial charge in [-0.1, -0.05) is 11.8 Å². The first-order valence-electron chi connectivity index (χ1n) is 3.71. The van der Waals surface area contributed by atoms with Crippen LogP contribution in [0.25, 0.3) is 11.2 Å². The van der Waals surface area contributed by atoms with E-state index in [0.29, 0.717) is 11.3 Å². The molecular weight excluding hydrogens is 186 g/mol. The minimum absolute atomic E-state index is 0.431. The van der Waals surface area contributed by atoms with Crippen molar-refractivity contribution >= 4 is 28.7 Å². The first-order valence-corrected chi connectivity index (χ1v) is 4.93. The number of aromatic nitrogens is 4. The molecular formula is C7H9N5S. The van der Waals surface area contributed by atoms with Crippen molar-refractivity contribution < 1.29 is 0 Å². The molecule has 0 radical (unpaired) electrons. The molecule has 0 fully saturated rings. The van der Waals surface area contributed by atoms with E-state index < -0.39 is 0 Å². The zero-order chi connectivity index (χ0) is 9.42. The second-order valence-electron chi connectivity index (χ2n) is 2.59. The molecule has 5 nitrogen and oxygen atoms in total. The van der Waals surface area contributed by atoms with Crippen molar-refractivity contribution in [3.63, 3.8) is 0 Å². The maximum atomic E-state index is 5.66. The van der Waals surface area contributed by atoms with E-state index >= 15 is 0 Å². The maximum Gasteiger partial charge on any atom is 0.169 e. The highest BCUT2D eigenvalue weighted by Crippen LogP contribution is 2.21. The molecule has 0 spiro atoms. The summed E-state index contributed by atoms with van der Waals surface area (Å²) in [4.78, 5) is 12.3. The number of aryl methyl sites for hydroxylation is 1. The Morgan fingerprint density at radius 1 is 1.46 bits per heavy atom. The fraction of sp³-hybridized carbons (Fsp3) is 0.286. The van der Waals surface area contributed by atoms with Crippen molar-refractivity contribution in [1.82, 2.24) is 19.5 Å². The number of fused-ring (bicyclic) bond motifs is 1. The van der Waals surface area contributed by atoms with Gasteiger partial charge in [-0.05, 0) is 6.26 Å². The molecule has 0 atom stereocenters. The number of imidazole rings is 1. The van der Waals surface area contributed by atoms with Gasteiger partial charge < -0.3 is 10.3 Å². The molecule has 6 heteroatoms. The zero-order valence-corrected chi connectivity index (χ0v) is 8.17. The van der Waals surface area contributed by atoms with Crippen LogP contribution in [0.4, 0.5) is 5.82 Å². The summed E-state index contributed by atoms with van der Waals surface area (Å²) in [6, 6.07) is 0. The molecule has 0 saturated carbocycles. The quantitative estimate of drug-likeness (QED) is 0.677. The fourth-order valence-corrected chi connectivity index (χ4v) is 1.72. The summed E-state index contributed by atoms with van der Waals surface area (Å²) in [7, 11) is 1.91. The summed E-state index contributed by atoms with van der Waals surface area (Å²) in [5.41, 5.74) is 7.11. The molecule has 0 amide bonds. The minimum Gasteiger partial charge on any atom is -0.382 e. The number of anilines is 1. The van der Waals surface area contributed by atoms with E-state index in [1.54, 1.807) is 11.8 Å². The van der Waals surface area contributed by atoms with Gasteiger partial charge >= 0.3 is 0 Å². The predicted molar refractivity (Wildman–Crippen MR) is 52.5 cm³/mol. The van der Waals surface area contributed by atoms with Crippen LogP contribution in [0.1, 0.15) is 0 Å². The molecule has 0 unspecified atom stereocenters. The van der Waals surface area contributed by atoms with Gasteiger partial charge in [0.2, 0.25) is 0 Å². The molecule has 2 aromatic rings. The van der Waals surface area contributed by atoms with Crippen LogP contribution in [-0.4, -0.2) is 25.8 Å². The molecule has 68 valence electrons. The van der Waals surface area contributed by atoms with E-state index in [9.17, 15) is 0 Å². The number of thioether (sulfide) groups is 1.